The van der Waals surface area contributed by atoms with Crippen LogP contribution in [0.15, 0.2) is 24.3 Å². The van der Waals surface area contributed by atoms with E-state index in [1.165, 1.54) is 5.56 Å². The number of hydrogen-bond acceptors (Lipinski definition) is 3. The smallest absolute Gasteiger partial charge is 0.0996 e. The summed E-state index contributed by atoms with van der Waals surface area (Å²) in [6.45, 7) is 3.19. The zero-order chi connectivity index (χ0) is 11.4. The van der Waals surface area contributed by atoms with Crippen LogP contribution in [0.2, 0.25) is 0 Å². The second-order valence-electron chi connectivity index (χ2n) is 4.26. The highest BCUT2D eigenvalue weighted by Gasteiger charge is 2.26. The van der Waals surface area contributed by atoms with Crippen molar-refractivity contribution in [3.05, 3.63) is 29.8 Å². The lowest BCUT2D eigenvalue weighted by molar-refractivity contribution is 0.125. The molecule has 1 aromatic rings. The van der Waals surface area contributed by atoms with Crippen LogP contribution in [0.1, 0.15) is 18.9 Å². The molecule has 3 nitrogen and oxygen atoms in total. The molecule has 0 radical (unpaired) electrons. The number of benzene rings is 1. The van der Waals surface area contributed by atoms with Crippen molar-refractivity contribution in [2.24, 2.45) is 0 Å². The van der Waals surface area contributed by atoms with Crippen molar-refractivity contribution >= 4 is 5.69 Å². The fourth-order valence-corrected chi connectivity index (χ4v) is 2.03. The highest BCUT2D eigenvalue weighted by molar-refractivity contribution is 5.52. The number of nitrogens with one attached hydrogen (secondary N) is 1. The number of aryl methyl sites for hydroxylation is 1. The summed E-state index contributed by atoms with van der Waals surface area (Å²) >= 11 is 0. The second kappa shape index (κ2) is 5.32. The molecule has 1 saturated heterocycles. The molecule has 1 aliphatic heterocycles. The SMILES string of the molecule is CCCc1ccccc1NC1COCC1O. The standard InChI is InChI=1S/C13H19NO2/c1-2-5-10-6-3-4-7-11(10)14-12-8-16-9-13(12)15/h3-4,6-7,12-15H,2,5,8-9H2,1H3. The van der Waals surface area contributed by atoms with Gasteiger partial charge in [0.2, 0.25) is 0 Å². The number of hydrogen-bond donors (Lipinski definition) is 2. The molecule has 3 heteroatoms. The van der Waals surface area contributed by atoms with Crippen LogP contribution in [0.4, 0.5) is 5.69 Å². The van der Waals surface area contributed by atoms with Gasteiger partial charge in [-0.25, -0.2) is 0 Å². The molecule has 1 fully saturated rings. The van der Waals surface area contributed by atoms with Gasteiger partial charge in [-0.2, -0.15) is 0 Å². The van der Waals surface area contributed by atoms with Gasteiger partial charge in [0, 0.05) is 5.69 Å². The summed E-state index contributed by atoms with van der Waals surface area (Å²) in [7, 11) is 0. The normalized spacial score (nSPS) is 24.6. The van der Waals surface area contributed by atoms with E-state index < -0.39 is 6.10 Å². The van der Waals surface area contributed by atoms with Crippen molar-refractivity contribution in [3.8, 4) is 0 Å². The van der Waals surface area contributed by atoms with E-state index in [1.807, 2.05) is 6.07 Å². The molecular weight excluding hydrogens is 202 g/mol. The van der Waals surface area contributed by atoms with Crippen LogP contribution in [-0.4, -0.2) is 30.5 Å². The molecule has 2 rings (SSSR count). The van der Waals surface area contributed by atoms with Gasteiger partial charge in [0.05, 0.1) is 25.4 Å². The minimum atomic E-state index is -0.394. The Bertz CT molecular complexity index is 340. The molecule has 0 saturated carbocycles. The van der Waals surface area contributed by atoms with Crippen molar-refractivity contribution < 1.29 is 9.84 Å². The third kappa shape index (κ3) is 2.54. The molecule has 1 aliphatic rings. The number of anilines is 1. The summed E-state index contributed by atoms with van der Waals surface area (Å²) in [4.78, 5) is 0. The fraction of sp³-hybridized carbons (Fsp3) is 0.538. The molecule has 2 unspecified atom stereocenters. The number of para-hydroxylation sites is 1. The maximum absolute atomic E-state index is 9.68. The quantitative estimate of drug-likeness (QED) is 0.814. The van der Waals surface area contributed by atoms with E-state index in [2.05, 4.69) is 30.4 Å². The number of rotatable bonds is 4. The summed E-state index contributed by atoms with van der Waals surface area (Å²) in [6, 6.07) is 8.30. The van der Waals surface area contributed by atoms with E-state index in [0.717, 1.165) is 18.5 Å². The Labute approximate surface area is 96.4 Å². The first kappa shape index (κ1) is 11.4. The Morgan fingerprint density at radius 3 is 2.88 bits per heavy atom. The monoisotopic (exact) mass is 221 g/mol. The number of aliphatic hydroxyl groups is 1. The van der Waals surface area contributed by atoms with Gasteiger partial charge in [-0.1, -0.05) is 31.5 Å². The first-order chi connectivity index (χ1) is 7.81. The van der Waals surface area contributed by atoms with Gasteiger partial charge in [0.25, 0.3) is 0 Å². The van der Waals surface area contributed by atoms with Gasteiger partial charge in [-0.3, -0.25) is 0 Å². The molecule has 0 spiro atoms. The summed E-state index contributed by atoms with van der Waals surface area (Å²) in [5.41, 5.74) is 2.43. The van der Waals surface area contributed by atoms with Crippen LogP contribution < -0.4 is 5.32 Å². The topological polar surface area (TPSA) is 41.5 Å². The van der Waals surface area contributed by atoms with Crippen LogP contribution in [0.3, 0.4) is 0 Å². The molecule has 0 bridgehead atoms. The maximum atomic E-state index is 9.68. The maximum Gasteiger partial charge on any atom is 0.0996 e. The van der Waals surface area contributed by atoms with E-state index in [-0.39, 0.29) is 6.04 Å². The molecule has 2 atom stereocenters. The summed E-state index contributed by atoms with van der Waals surface area (Å²) in [5.74, 6) is 0. The molecule has 0 amide bonds. The Morgan fingerprint density at radius 2 is 2.19 bits per heavy atom. The lowest BCUT2D eigenvalue weighted by Crippen LogP contribution is -2.32. The van der Waals surface area contributed by atoms with Crippen LogP contribution in [0.5, 0.6) is 0 Å². The summed E-state index contributed by atoms with van der Waals surface area (Å²) in [6.07, 6.45) is 1.80. The lowest BCUT2D eigenvalue weighted by atomic mass is 10.1. The van der Waals surface area contributed by atoms with E-state index >= 15 is 0 Å². The Balaban J connectivity index is 2.07. The molecule has 1 heterocycles. The molecule has 0 aliphatic carbocycles. The van der Waals surface area contributed by atoms with Gasteiger partial charge in [0.1, 0.15) is 0 Å². The van der Waals surface area contributed by atoms with Gasteiger partial charge in [0.15, 0.2) is 0 Å². The highest BCUT2D eigenvalue weighted by Crippen LogP contribution is 2.20. The number of aliphatic hydroxyl groups excluding tert-OH is 1. The predicted octanol–water partition coefficient (Wildman–Crippen LogP) is 1.81. The van der Waals surface area contributed by atoms with E-state index in [0.29, 0.717) is 13.2 Å². The van der Waals surface area contributed by atoms with Crippen molar-refractivity contribution in [3.63, 3.8) is 0 Å². The molecular formula is C13H19NO2. The third-order valence-electron chi connectivity index (χ3n) is 2.93. The molecule has 0 aromatic heterocycles. The first-order valence-electron chi connectivity index (χ1n) is 5.91. The minimum absolute atomic E-state index is 0.0259. The largest absolute Gasteiger partial charge is 0.388 e. The van der Waals surface area contributed by atoms with Gasteiger partial charge < -0.3 is 15.2 Å². The van der Waals surface area contributed by atoms with E-state index in [9.17, 15) is 5.11 Å². The van der Waals surface area contributed by atoms with E-state index in [4.69, 9.17) is 4.74 Å². The average Bonchev–Trinajstić information content (AvgIpc) is 2.68. The van der Waals surface area contributed by atoms with Crippen LogP contribution in [0, 0.1) is 0 Å². The van der Waals surface area contributed by atoms with Crippen molar-refractivity contribution in [1.82, 2.24) is 0 Å². The Hall–Kier alpha value is -1.06. The molecule has 88 valence electrons. The lowest BCUT2D eigenvalue weighted by Gasteiger charge is -2.18. The van der Waals surface area contributed by atoms with E-state index in [1.54, 1.807) is 0 Å². The molecule has 16 heavy (non-hydrogen) atoms. The highest BCUT2D eigenvalue weighted by atomic mass is 16.5. The van der Waals surface area contributed by atoms with Crippen LogP contribution >= 0.6 is 0 Å². The third-order valence-corrected chi connectivity index (χ3v) is 2.93. The summed E-state index contributed by atoms with van der Waals surface area (Å²) in [5, 5.41) is 13.1. The fourth-order valence-electron chi connectivity index (χ4n) is 2.03. The van der Waals surface area contributed by atoms with Crippen LogP contribution in [-0.2, 0) is 11.2 Å². The Morgan fingerprint density at radius 1 is 1.38 bits per heavy atom. The van der Waals surface area contributed by atoms with Gasteiger partial charge >= 0.3 is 0 Å². The Kier molecular flexibility index (Phi) is 3.80. The predicted molar refractivity (Wildman–Crippen MR) is 64.7 cm³/mol. The van der Waals surface area contributed by atoms with Gasteiger partial charge in [-0.05, 0) is 18.1 Å². The average molecular weight is 221 g/mol. The number of ether oxygens (including phenoxy) is 1. The van der Waals surface area contributed by atoms with Crippen molar-refractivity contribution in [1.29, 1.82) is 0 Å². The molecule has 2 N–H and O–H groups in total. The van der Waals surface area contributed by atoms with Crippen LogP contribution in [0.25, 0.3) is 0 Å². The first-order valence-corrected chi connectivity index (χ1v) is 5.91. The second-order valence-corrected chi connectivity index (χ2v) is 4.26. The van der Waals surface area contributed by atoms with Crippen molar-refractivity contribution in [2.75, 3.05) is 18.5 Å². The van der Waals surface area contributed by atoms with Crippen molar-refractivity contribution in [2.45, 2.75) is 31.9 Å². The molecule has 1 aromatic carbocycles. The zero-order valence-corrected chi connectivity index (χ0v) is 9.65. The minimum Gasteiger partial charge on any atom is -0.388 e. The zero-order valence-electron chi connectivity index (χ0n) is 9.65. The van der Waals surface area contributed by atoms with Gasteiger partial charge in [-0.15, -0.1) is 0 Å². The summed E-state index contributed by atoms with van der Waals surface area (Å²) < 4.78 is 5.23.